The molecule has 0 saturated heterocycles. The summed E-state index contributed by atoms with van der Waals surface area (Å²) >= 11 is 6.08. The van der Waals surface area contributed by atoms with Crippen LogP contribution in [0.25, 0.3) is 16.6 Å². The Bertz CT molecular complexity index is 958. The molecule has 0 saturated carbocycles. The molecule has 2 heterocycles. The maximum Gasteiger partial charge on any atom is 0.359 e. The zero-order valence-corrected chi connectivity index (χ0v) is 13.6. The van der Waals surface area contributed by atoms with Crippen LogP contribution in [0.5, 0.6) is 0 Å². The quantitative estimate of drug-likeness (QED) is 0.689. The van der Waals surface area contributed by atoms with Crippen molar-refractivity contribution in [3.05, 3.63) is 45.6 Å². The van der Waals surface area contributed by atoms with Crippen LogP contribution >= 0.6 is 11.6 Å². The molecule has 0 unspecified atom stereocenters. The lowest BCUT2D eigenvalue weighted by atomic mass is 10.2. The van der Waals surface area contributed by atoms with Crippen LogP contribution in [0.2, 0.25) is 5.02 Å². The van der Waals surface area contributed by atoms with E-state index in [1.807, 2.05) is 13.0 Å². The summed E-state index contributed by atoms with van der Waals surface area (Å²) < 4.78 is 8.24. The molecule has 6 nitrogen and oxygen atoms in total. The highest BCUT2D eigenvalue weighted by atomic mass is 35.5. The van der Waals surface area contributed by atoms with E-state index >= 15 is 0 Å². The fourth-order valence-corrected chi connectivity index (χ4v) is 2.85. The molecule has 1 aromatic carbocycles. The van der Waals surface area contributed by atoms with Gasteiger partial charge in [0.25, 0.3) is 5.56 Å². The molecule has 23 heavy (non-hydrogen) atoms. The van der Waals surface area contributed by atoms with Crippen LogP contribution in [-0.2, 0) is 11.3 Å². The fraction of sp³-hybridized carbons (Fsp3) is 0.312. The van der Waals surface area contributed by atoms with Crippen molar-refractivity contribution in [1.82, 2.24) is 14.0 Å². The van der Waals surface area contributed by atoms with Gasteiger partial charge in [-0.2, -0.15) is 0 Å². The number of fused-ring (bicyclic) bond motifs is 3. The molecule has 2 aromatic heterocycles. The number of carbonyl (C=O) groups excluding carboxylic acids is 1. The van der Waals surface area contributed by atoms with E-state index in [1.54, 1.807) is 28.0 Å². The van der Waals surface area contributed by atoms with Gasteiger partial charge in [0.15, 0.2) is 5.69 Å². The van der Waals surface area contributed by atoms with Crippen LogP contribution in [0.15, 0.2) is 29.3 Å². The van der Waals surface area contributed by atoms with E-state index in [1.165, 1.54) is 6.33 Å². The number of esters is 1. The number of benzene rings is 1. The van der Waals surface area contributed by atoms with Crippen LogP contribution in [0.3, 0.4) is 0 Å². The van der Waals surface area contributed by atoms with Gasteiger partial charge in [-0.1, -0.05) is 18.5 Å². The SMILES string of the molecule is CCCn1c(=O)c2c(C(=O)OCC)ncn2c2ccc(Cl)cc21. The van der Waals surface area contributed by atoms with Crippen molar-refractivity contribution in [2.75, 3.05) is 6.61 Å². The average Bonchev–Trinajstić information content (AvgIpc) is 2.97. The van der Waals surface area contributed by atoms with E-state index in [9.17, 15) is 9.59 Å². The summed E-state index contributed by atoms with van der Waals surface area (Å²) in [5, 5.41) is 0.548. The molecule has 0 radical (unpaired) electrons. The highest BCUT2D eigenvalue weighted by Crippen LogP contribution is 2.21. The minimum absolute atomic E-state index is 0.0403. The first-order valence-electron chi connectivity index (χ1n) is 7.44. The highest BCUT2D eigenvalue weighted by Gasteiger charge is 2.21. The zero-order chi connectivity index (χ0) is 16.6. The van der Waals surface area contributed by atoms with E-state index in [0.29, 0.717) is 17.1 Å². The third-order valence-electron chi connectivity index (χ3n) is 3.62. The summed E-state index contributed by atoms with van der Waals surface area (Å²) in [6.07, 6.45) is 2.25. The first kappa shape index (κ1) is 15.6. The van der Waals surface area contributed by atoms with Crippen molar-refractivity contribution in [2.45, 2.75) is 26.8 Å². The van der Waals surface area contributed by atoms with Crippen LogP contribution < -0.4 is 5.56 Å². The topological polar surface area (TPSA) is 65.6 Å². The summed E-state index contributed by atoms with van der Waals surface area (Å²) in [7, 11) is 0. The summed E-state index contributed by atoms with van der Waals surface area (Å²) in [5.74, 6) is -0.594. The number of rotatable bonds is 4. The number of halogens is 1. The Kier molecular flexibility index (Phi) is 4.09. The predicted molar refractivity (Wildman–Crippen MR) is 88.2 cm³/mol. The molecule has 0 fully saturated rings. The van der Waals surface area contributed by atoms with E-state index in [-0.39, 0.29) is 23.4 Å². The Morgan fingerprint density at radius 2 is 2.09 bits per heavy atom. The molecule has 0 atom stereocenters. The molecule has 0 N–H and O–H groups in total. The molecule has 3 aromatic rings. The first-order valence-corrected chi connectivity index (χ1v) is 7.82. The maximum atomic E-state index is 12.9. The van der Waals surface area contributed by atoms with Gasteiger partial charge >= 0.3 is 5.97 Å². The number of aryl methyl sites for hydroxylation is 1. The molecule has 0 amide bonds. The molecule has 120 valence electrons. The van der Waals surface area contributed by atoms with Gasteiger partial charge in [-0.3, -0.25) is 9.20 Å². The largest absolute Gasteiger partial charge is 0.461 e. The van der Waals surface area contributed by atoms with Gasteiger partial charge in [0.1, 0.15) is 11.8 Å². The third-order valence-corrected chi connectivity index (χ3v) is 3.85. The molecule has 0 spiro atoms. The van der Waals surface area contributed by atoms with E-state index in [4.69, 9.17) is 16.3 Å². The number of hydrogen-bond donors (Lipinski definition) is 0. The summed E-state index contributed by atoms with van der Waals surface area (Å²) in [4.78, 5) is 29.0. The second-order valence-corrected chi connectivity index (χ2v) is 5.56. The van der Waals surface area contributed by atoms with Gasteiger partial charge < -0.3 is 9.30 Å². The number of imidazole rings is 1. The standard InChI is InChI=1S/C16H16ClN3O3/c1-3-7-19-12-8-10(17)5-6-11(12)20-9-18-13(14(20)15(19)21)16(22)23-4-2/h5-6,8-9H,3-4,7H2,1-2H3. The highest BCUT2D eigenvalue weighted by molar-refractivity contribution is 6.31. The Morgan fingerprint density at radius 3 is 2.78 bits per heavy atom. The maximum absolute atomic E-state index is 12.9. The number of ether oxygens (including phenoxy) is 1. The summed E-state index contributed by atoms with van der Waals surface area (Å²) in [6, 6.07) is 5.30. The van der Waals surface area contributed by atoms with Crippen molar-refractivity contribution < 1.29 is 9.53 Å². The lowest BCUT2D eigenvalue weighted by Gasteiger charge is -2.12. The van der Waals surface area contributed by atoms with E-state index in [2.05, 4.69) is 4.98 Å². The van der Waals surface area contributed by atoms with E-state index < -0.39 is 5.97 Å². The van der Waals surface area contributed by atoms with Gasteiger partial charge in [-0.15, -0.1) is 0 Å². The predicted octanol–water partition coefficient (Wildman–Crippen LogP) is 2.89. The molecule has 0 bridgehead atoms. The normalized spacial score (nSPS) is 11.3. The van der Waals surface area contributed by atoms with Crippen LogP contribution in [0, 0.1) is 0 Å². The number of carbonyl (C=O) groups is 1. The second-order valence-electron chi connectivity index (χ2n) is 5.12. The van der Waals surface area contributed by atoms with Crippen molar-refractivity contribution >= 4 is 34.1 Å². The fourth-order valence-electron chi connectivity index (χ4n) is 2.68. The lowest BCUT2D eigenvalue weighted by Crippen LogP contribution is -2.24. The Hall–Kier alpha value is -2.34. The molecule has 7 heteroatoms. The lowest BCUT2D eigenvalue weighted by molar-refractivity contribution is 0.0522. The van der Waals surface area contributed by atoms with Crippen LogP contribution in [0.1, 0.15) is 30.8 Å². The van der Waals surface area contributed by atoms with Gasteiger partial charge in [-0.05, 0) is 31.5 Å². The average molecular weight is 334 g/mol. The van der Waals surface area contributed by atoms with Gasteiger partial charge in [0.2, 0.25) is 0 Å². The zero-order valence-electron chi connectivity index (χ0n) is 12.9. The monoisotopic (exact) mass is 333 g/mol. The van der Waals surface area contributed by atoms with Crippen molar-refractivity contribution in [1.29, 1.82) is 0 Å². The number of hydrogen-bond acceptors (Lipinski definition) is 4. The van der Waals surface area contributed by atoms with Gasteiger partial charge in [0.05, 0.1) is 17.6 Å². The van der Waals surface area contributed by atoms with E-state index in [0.717, 1.165) is 11.9 Å². The second kappa shape index (κ2) is 6.04. The Balaban J connectivity index is 2.43. The molecular formula is C16H16ClN3O3. The molecular weight excluding hydrogens is 318 g/mol. The Labute approximate surface area is 137 Å². The molecule has 0 aliphatic rings. The summed E-state index contributed by atoms with van der Waals surface area (Å²) in [6.45, 7) is 4.45. The Morgan fingerprint density at radius 1 is 1.30 bits per heavy atom. The number of nitrogens with zero attached hydrogens (tertiary/aromatic N) is 3. The first-order chi connectivity index (χ1) is 11.1. The minimum Gasteiger partial charge on any atom is -0.461 e. The van der Waals surface area contributed by atoms with Gasteiger partial charge in [-0.25, -0.2) is 9.78 Å². The van der Waals surface area contributed by atoms with Crippen LogP contribution in [-0.4, -0.2) is 26.5 Å². The summed E-state index contributed by atoms with van der Waals surface area (Å²) in [5.41, 5.74) is 1.47. The van der Waals surface area contributed by atoms with Crippen molar-refractivity contribution in [2.24, 2.45) is 0 Å². The van der Waals surface area contributed by atoms with Gasteiger partial charge in [0, 0.05) is 11.6 Å². The third kappa shape index (κ3) is 2.49. The van der Waals surface area contributed by atoms with Crippen molar-refractivity contribution in [3.8, 4) is 0 Å². The minimum atomic E-state index is -0.594. The number of aromatic nitrogens is 3. The molecule has 0 aliphatic carbocycles. The molecule has 3 rings (SSSR count). The van der Waals surface area contributed by atoms with Crippen molar-refractivity contribution in [3.63, 3.8) is 0 Å². The molecule has 0 aliphatic heterocycles. The van der Waals surface area contributed by atoms with Crippen LogP contribution in [0.4, 0.5) is 0 Å². The smallest absolute Gasteiger partial charge is 0.359 e.